The van der Waals surface area contributed by atoms with Crippen LogP contribution < -0.4 is 10.9 Å². The Morgan fingerprint density at radius 2 is 1.92 bits per heavy atom. The quantitative estimate of drug-likeness (QED) is 0.866. The third-order valence-electron chi connectivity index (χ3n) is 4.42. The van der Waals surface area contributed by atoms with E-state index in [2.05, 4.69) is 15.3 Å². The number of H-pyrrole nitrogens is 1. The summed E-state index contributed by atoms with van der Waals surface area (Å²) >= 11 is 0. The van der Waals surface area contributed by atoms with Gasteiger partial charge in [-0.05, 0) is 39.3 Å². The van der Waals surface area contributed by atoms with E-state index in [4.69, 9.17) is 0 Å². The highest BCUT2D eigenvalue weighted by molar-refractivity contribution is 5.94. The van der Waals surface area contributed by atoms with Crippen LogP contribution in [0.1, 0.15) is 55.5 Å². The summed E-state index contributed by atoms with van der Waals surface area (Å²) in [4.78, 5) is 34.1. The van der Waals surface area contributed by atoms with Gasteiger partial charge in [-0.3, -0.25) is 9.59 Å². The Hall–Kier alpha value is -1.40. The minimum Gasteiger partial charge on any atom is -0.338 e. The van der Waals surface area contributed by atoms with E-state index in [1.54, 1.807) is 11.8 Å². The highest BCUT2D eigenvalue weighted by atomic mass is 35.5. The Morgan fingerprint density at radius 3 is 2.38 bits per heavy atom. The number of amides is 1. The SMILES string of the molecule is CNCC1CCN(C(=O)c2c(C)nc(C(C)(C)C)[nH]c2=O)CC1.Cl. The first kappa shape index (κ1) is 20.6. The number of nitrogens with zero attached hydrogens (tertiary/aromatic N) is 2. The lowest BCUT2D eigenvalue weighted by molar-refractivity contribution is 0.0687. The lowest BCUT2D eigenvalue weighted by Gasteiger charge is -2.32. The third kappa shape index (κ3) is 4.57. The van der Waals surface area contributed by atoms with Crippen LogP contribution in [0.15, 0.2) is 4.79 Å². The fraction of sp³-hybridized carbons (Fsp3) is 0.706. The molecular weight excluding hydrogens is 328 g/mol. The van der Waals surface area contributed by atoms with Gasteiger partial charge < -0.3 is 15.2 Å². The molecule has 6 nitrogen and oxygen atoms in total. The number of halogens is 1. The number of rotatable bonds is 3. The first-order chi connectivity index (χ1) is 10.7. The van der Waals surface area contributed by atoms with Crippen LogP contribution in [0.2, 0.25) is 0 Å². The summed E-state index contributed by atoms with van der Waals surface area (Å²) in [5, 5.41) is 3.18. The second kappa shape index (κ2) is 8.12. The van der Waals surface area contributed by atoms with Crippen molar-refractivity contribution in [1.82, 2.24) is 20.2 Å². The number of carbonyl (C=O) groups excluding carboxylic acids is 1. The zero-order valence-electron chi connectivity index (χ0n) is 15.2. The minimum atomic E-state index is -0.329. The van der Waals surface area contributed by atoms with E-state index < -0.39 is 0 Å². The van der Waals surface area contributed by atoms with Gasteiger partial charge in [0.1, 0.15) is 11.4 Å². The molecular formula is C17H29ClN4O2. The number of hydrogen-bond donors (Lipinski definition) is 2. The zero-order chi connectivity index (χ0) is 17.2. The van der Waals surface area contributed by atoms with Gasteiger partial charge in [0.25, 0.3) is 11.5 Å². The average Bonchev–Trinajstić information content (AvgIpc) is 2.46. The summed E-state index contributed by atoms with van der Waals surface area (Å²) in [5.41, 5.74) is 0.118. The van der Waals surface area contributed by atoms with Gasteiger partial charge in [-0.15, -0.1) is 12.4 Å². The normalized spacial score (nSPS) is 16.0. The first-order valence-corrected chi connectivity index (χ1v) is 8.29. The summed E-state index contributed by atoms with van der Waals surface area (Å²) in [5.74, 6) is 1.02. The number of carbonyl (C=O) groups is 1. The molecule has 2 heterocycles. The van der Waals surface area contributed by atoms with E-state index in [9.17, 15) is 9.59 Å². The molecule has 0 atom stereocenters. The summed E-state index contributed by atoms with van der Waals surface area (Å²) in [7, 11) is 1.95. The molecule has 136 valence electrons. The zero-order valence-corrected chi connectivity index (χ0v) is 16.0. The van der Waals surface area contributed by atoms with Gasteiger partial charge >= 0.3 is 0 Å². The molecule has 1 amide bonds. The minimum absolute atomic E-state index is 0. The van der Waals surface area contributed by atoms with Crippen molar-refractivity contribution in [2.24, 2.45) is 5.92 Å². The number of aryl methyl sites for hydroxylation is 1. The number of aromatic nitrogens is 2. The predicted octanol–water partition coefficient (Wildman–Crippen LogP) is 1.87. The molecule has 0 aromatic carbocycles. The van der Waals surface area contributed by atoms with Crippen molar-refractivity contribution in [1.29, 1.82) is 0 Å². The first-order valence-electron chi connectivity index (χ1n) is 8.29. The molecule has 1 aliphatic heterocycles. The van der Waals surface area contributed by atoms with Crippen LogP contribution in [-0.2, 0) is 5.41 Å². The number of likely N-dealkylation sites (tertiary alicyclic amines) is 1. The Bertz CT molecular complexity index is 628. The smallest absolute Gasteiger partial charge is 0.264 e. The van der Waals surface area contributed by atoms with Crippen molar-refractivity contribution >= 4 is 18.3 Å². The molecule has 1 aromatic rings. The van der Waals surface area contributed by atoms with Gasteiger partial charge in [-0.1, -0.05) is 20.8 Å². The maximum atomic E-state index is 12.7. The van der Waals surface area contributed by atoms with E-state index in [-0.39, 0.29) is 34.9 Å². The monoisotopic (exact) mass is 356 g/mol. The summed E-state index contributed by atoms with van der Waals surface area (Å²) in [6.07, 6.45) is 1.94. The van der Waals surface area contributed by atoms with E-state index in [1.807, 2.05) is 27.8 Å². The Morgan fingerprint density at radius 1 is 1.33 bits per heavy atom. The number of piperidine rings is 1. The largest absolute Gasteiger partial charge is 0.338 e. The van der Waals surface area contributed by atoms with Gasteiger partial charge in [-0.2, -0.15) is 0 Å². The van der Waals surface area contributed by atoms with Gasteiger partial charge in [0.2, 0.25) is 0 Å². The summed E-state index contributed by atoms with van der Waals surface area (Å²) in [6.45, 7) is 10.1. The lowest BCUT2D eigenvalue weighted by Crippen LogP contribution is -2.43. The second-order valence-electron chi connectivity index (χ2n) is 7.42. The fourth-order valence-corrected chi connectivity index (χ4v) is 2.98. The molecule has 0 saturated carbocycles. The van der Waals surface area contributed by atoms with Crippen LogP contribution in [0, 0.1) is 12.8 Å². The molecule has 0 radical (unpaired) electrons. The molecule has 2 rings (SSSR count). The molecule has 1 saturated heterocycles. The molecule has 7 heteroatoms. The van der Waals surface area contributed by atoms with Crippen molar-refractivity contribution in [3.05, 3.63) is 27.4 Å². The van der Waals surface area contributed by atoms with Crippen molar-refractivity contribution in [2.75, 3.05) is 26.7 Å². The molecule has 0 aliphatic carbocycles. The number of nitrogens with one attached hydrogen (secondary N) is 2. The van der Waals surface area contributed by atoms with Crippen LogP contribution in [0.25, 0.3) is 0 Å². The molecule has 2 N–H and O–H groups in total. The highest BCUT2D eigenvalue weighted by Crippen LogP contribution is 2.20. The molecule has 1 aromatic heterocycles. The maximum Gasteiger partial charge on any atom is 0.264 e. The van der Waals surface area contributed by atoms with Gasteiger partial charge in [-0.25, -0.2) is 4.98 Å². The summed E-state index contributed by atoms with van der Waals surface area (Å²) in [6, 6.07) is 0. The Balaban J connectivity index is 0.00000288. The van der Waals surface area contributed by atoms with E-state index in [1.165, 1.54) is 0 Å². The third-order valence-corrected chi connectivity index (χ3v) is 4.42. The van der Waals surface area contributed by atoms with Gasteiger partial charge in [0.05, 0.1) is 5.69 Å². The summed E-state index contributed by atoms with van der Waals surface area (Å²) < 4.78 is 0. The molecule has 0 spiro atoms. The second-order valence-corrected chi connectivity index (χ2v) is 7.42. The predicted molar refractivity (Wildman–Crippen MR) is 98.1 cm³/mol. The van der Waals surface area contributed by atoms with Crippen molar-refractivity contribution in [3.63, 3.8) is 0 Å². The molecule has 0 unspecified atom stereocenters. The average molecular weight is 357 g/mol. The fourth-order valence-electron chi connectivity index (χ4n) is 2.98. The van der Waals surface area contributed by atoms with Crippen molar-refractivity contribution in [2.45, 2.75) is 46.0 Å². The van der Waals surface area contributed by atoms with E-state index >= 15 is 0 Å². The molecule has 24 heavy (non-hydrogen) atoms. The molecule has 1 fully saturated rings. The van der Waals surface area contributed by atoms with Gasteiger partial charge in [0.15, 0.2) is 0 Å². The van der Waals surface area contributed by atoms with Crippen LogP contribution in [-0.4, -0.2) is 47.5 Å². The number of hydrogen-bond acceptors (Lipinski definition) is 4. The number of aromatic amines is 1. The maximum absolute atomic E-state index is 12.7. The van der Waals surface area contributed by atoms with Crippen molar-refractivity contribution < 1.29 is 4.79 Å². The Labute approximate surface area is 149 Å². The van der Waals surface area contributed by atoms with Crippen LogP contribution >= 0.6 is 12.4 Å². The standard InChI is InChI=1S/C17H28N4O2.ClH/c1-11-13(14(22)20-16(19-11)17(2,3)4)15(23)21-8-6-12(7-9-21)10-18-5;/h12,18H,6-10H2,1-5H3,(H,19,20,22);1H. The van der Waals surface area contributed by atoms with Crippen LogP contribution in [0.4, 0.5) is 0 Å². The lowest BCUT2D eigenvalue weighted by atomic mass is 9.95. The van der Waals surface area contributed by atoms with E-state index in [0.717, 1.165) is 19.4 Å². The Kier molecular flexibility index (Phi) is 6.98. The molecule has 1 aliphatic rings. The van der Waals surface area contributed by atoms with E-state index in [0.29, 0.717) is 30.5 Å². The molecule has 0 bridgehead atoms. The van der Waals surface area contributed by atoms with Crippen molar-refractivity contribution in [3.8, 4) is 0 Å². The highest BCUT2D eigenvalue weighted by Gasteiger charge is 2.28. The topological polar surface area (TPSA) is 78.1 Å². The van der Waals surface area contributed by atoms with Crippen LogP contribution in [0.3, 0.4) is 0 Å². The van der Waals surface area contributed by atoms with Crippen LogP contribution in [0.5, 0.6) is 0 Å². The van der Waals surface area contributed by atoms with Gasteiger partial charge in [0, 0.05) is 18.5 Å².